The zero-order chi connectivity index (χ0) is 19.2. The molecule has 4 N–H and O–H groups in total. The van der Waals surface area contributed by atoms with Crippen molar-refractivity contribution in [3.8, 4) is 23.0 Å². The van der Waals surface area contributed by atoms with E-state index in [2.05, 4.69) is 0 Å². The highest BCUT2D eigenvalue weighted by atomic mass is 16.3. The van der Waals surface area contributed by atoms with Crippen LogP contribution in [0.5, 0.6) is 23.0 Å². The summed E-state index contributed by atoms with van der Waals surface area (Å²) in [6.45, 7) is 11.7. The fourth-order valence-electron chi connectivity index (χ4n) is 2.97. The van der Waals surface area contributed by atoms with E-state index >= 15 is 0 Å². The first kappa shape index (κ1) is 19.0. The van der Waals surface area contributed by atoms with Gasteiger partial charge in [-0.25, -0.2) is 0 Å². The van der Waals surface area contributed by atoms with Gasteiger partial charge in [-0.05, 0) is 35.1 Å². The van der Waals surface area contributed by atoms with Crippen molar-refractivity contribution in [2.45, 2.75) is 58.8 Å². The van der Waals surface area contributed by atoms with E-state index in [-0.39, 0.29) is 40.2 Å². The van der Waals surface area contributed by atoms with Crippen LogP contribution in [0.4, 0.5) is 0 Å². The zero-order valence-electron chi connectivity index (χ0n) is 15.8. The standard InChI is InChI=1S/C21H28O4/c1-20(2,3)16-10-14(22)8-12(18(16)24)7-13-9-15(23)11-17(19(13)25)21(4,5)6/h8-11,22-25H,7H2,1-6H3. The van der Waals surface area contributed by atoms with E-state index in [1.165, 1.54) is 12.1 Å². The third-order valence-corrected chi connectivity index (χ3v) is 4.34. The van der Waals surface area contributed by atoms with Crippen LogP contribution in [0.3, 0.4) is 0 Å². The summed E-state index contributed by atoms with van der Waals surface area (Å²) in [4.78, 5) is 0. The molecule has 0 amide bonds. The van der Waals surface area contributed by atoms with Gasteiger partial charge in [-0.1, -0.05) is 41.5 Å². The molecule has 0 aromatic heterocycles. The van der Waals surface area contributed by atoms with Crippen LogP contribution in [0.25, 0.3) is 0 Å². The highest BCUT2D eigenvalue weighted by Gasteiger charge is 2.24. The Balaban J connectivity index is 2.58. The smallest absolute Gasteiger partial charge is 0.123 e. The van der Waals surface area contributed by atoms with Gasteiger partial charge in [0.1, 0.15) is 23.0 Å². The summed E-state index contributed by atoms with van der Waals surface area (Å²) in [6.07, 6.45) is 0.201. The number of benzene rings is 2. The molecule has 0 saturated carbocycles. The Hall–Kier alpha value is -2.36. The van der Waals surface area contributed by atoms with Crippen molar-refractivity contribution in [3.63, 3.8) is 0 Å². The quantitative estimate of drug-likeness (QED) is 0.596. The van der Waals surface area contributed by atoms with Gasteiger partial charge in [-0.3, -0.25) is 0 Å². The Morgan fingerprint density at radius 2 is 0.920 bits per heavy atom. The summed E-state index contributed by atoms with van der Waals surface area (Å²) in [5.41, 5.74) is 1.61. The van der Waals surface area contributed by atoms with Crippen molar-refractivity contribution in [2.75, 3.05) is 0 Å². The third-order valence-electron chi connectivity index (χ3n) is 4.34. The summed E-state index contributed by atoms with van der Waals surface area (Å²) >= 11 is 0. The minimum Gasteiger partial charge on any atom is -0.508 e. The average molecular weight is 344 g/mol. The minimum absolute atomic E-state index is 0.0633. The Morgan fingerprint density at radius 1 is 0.600 bits per heavy atom. The molecule has 4 nitrogen and oxygen atoms in total. The molecule has 2 aromatic carbocycles. The summed E-state index contributed by atoms with van der Waals surface area (Å²) in [5.74, 6) is 0.331. The predicted molar refractivity (Wildman–Crippen MR) is 99.7 cm³/mol. The first-order valence-electron chi connectivity index (χ1n) is 8.41. The molecule has 0 bridgehead atoms. The largest absolute Gasteiger partial charge is 0.508 e. The summed E-state index contributed by atoms with van der Waals surface area (Å²) in [5, 5.41) is 41.4. The van der Waals surface area contributed by atoms with Crippen LogP contribution in [0, 0.1) is 0 Å². The summed E-state index contributed by atoms with van der Waals surface area (Å²) in [7, 11) is 0. The molecule has 25 heavy (non-hydrogen) atoms. The second kappa shape index (κ2) is 6.17. The first-order chi connectivity index (χ1) is 11.3. The Kier molecular flexibility index (Phi) is 4.69. The van der Waals surface area contributed by atoms with Crippen molar-refractivity contribution < 1.29 is 20.4 Å². The number of aromatic hydroxyl groups is 4. The molecular weight excluding hydrogens is 316 g/mol. The highest BCUT2D eigenvalue weighted by molar-refractivity contribution is 5.55. The maximum atomic E-state index is 10.6. The molecular formula is C21H28O4. The van der Waals surface area contributed by atoms with E-state index < -0.39 is 0 Å². The minimum atomic E-state index is -0.338. The van der Waals surface area contributed by atoms with Gasteiger partial charge >= 0.3 is 0 Å². The lowest BCUT2D eigenvalue weighted by Gasteiger charge is -2.24. The Morgan fingerprint density at radius 3 is 1.20 bits per heavy atom. The van der Waals surface area contributed by atoms with E-state index in [4.69, 9.17) is 0 Å². The normalized spacial score (nSPS) is 12.4. The summed E-state index contributed by atoms with van der Waals surface area (Å²) in [6, 6.07) is 6.10. The average Bonchev–Trinajstić information content (AvgIpc) is 2.43. The van der Waals surface area contributed by atoms with Crippen molar-refractivity contribution in [3.05, 3.63) is 46.5 Å². The lowest BCUT2D eigenvalue weighted by molar-refractivity contribution is 0.423. The molecule has 0 unspecified atom stereocenters. The van der Waals surface area contributed by atoms with Crippen LogP contribution in [0.1, 0.15) is 63.8 Å². The SMILES string of the molecule is CC(C)(C)c1cc(O)cc(Cc2cc(O)cc(C(C)(C)C)c2O)c1O. The molecule has 136 valence electrons. The van der Waals surface area contributed by atoms with E-state index in [9.17, 15) is 20.4 Å². The number of rotatable bonds is 2. The Bertz CT molecular complexity index is 726. The summed E-state index contributed by atoms with van der Waals surface area (Å²) < 4.78 is 0. The Labute approximate surface area is 149 Å². The van der Waals surface area contributed by atoms with Gasteiger partial charge in [-0.2, -0.15) is 0 Å². The van der Waals surface area contributed by atoms with Crippen LogP contribution < -0.4 is 0 Å². The van der Waals surface area contributed by atoms with Crippen molar-refractivity contribution >= 4 is 0 Å². The first-order valence-corrected chi connectivity index (χ1v) is 8.41. The predicted octanol–water partition coefficient (Wildman–Crippen LogP) is 4.69. The van der Waals surface area contributed by atoms with Crippen molar-refractivity contribution in [2.24, 2.45) is 0 Å². The number of phenols is 4. The van der Waals surface area contributed by atoms with E-state index in [0.717, 1.165) is 0 Å². The molecule has 2 aromatic rings. The van der Waals surface area contributed by atoms with Crippen LogP contribution in [-0.4, -0.2) is 20.4 Å². The number of hydrogen-bond acceptors (Lipinski definition) is 4. The molecule has 0 spiro atoms. The molecule has 0 saturated heterocycles. The third kappa shape index (κ3) is 4.01. The van der Waals surface area contributed by atoms with Crippen LogP contribution in [-0.2, 0) is 17.3 Å². The van der Waals surface area contributed by atoms with Gasteiger partial charge in [0.05, 0.1) is 0 Å². The van der Waals surface area contributed by atoms with Crippen molar-refractivity contribution in [1.82, 2.24) is 0 Å². The van der Waals surface area contributed by atoms with Crippen LogP contribution >= 0.6 is 0 Å². The van der Waals surface area contributed by atoms with Crippen molar-refractivity contribution in [1.29, 1.82) is 0 Å². The van der Waals surface area contributed by atoms with Gasteiger partial charge in [0.15, 0.2) is 0 Å². The van der Waals surface area contributed by atoms with Crippen LogP contribution in [0.2, 0.25) is 0 Å². The second-order valence-electron chi connectivity index (χ2n) is 8.68. The molecule has 0 aliphatic heterocycles. The molecule has 0 atom stereocenters. The van der Waals surface area contributed by atoms with Gasteiger partial charge in [0, 0.05) is 28.7 Å². The number of phenolic OH excluding ortho intramolecular Hbond substituents is 4. The lowest BCUT2D eigenvalue weighted by Crippen LogP contribution is -2.13. The van der Waals surface area contributed by atoms with E-state index in [0.29, 0.717) is 22.3 Å². The van der Waals surface area contributed by atoms with Gasteiger partial charge < -0.3 is 20.4 Å². The maximum absolute atomic E-state index is 10.6. The maximum Gasteiger partial charge on any atom is 0.123 e. The fraction of sp³-hybridized carbons (Fsp3) is 0.429. The molecule has 0 aliphatic rings. The van der Waals surface area contributed by atoms with E-state index in [1.54, 1.807) is 12.1 Å². The fourth-order valence-corrected chi connectivity index (χ4v) is 2.97. The molecule has 0 fully saturated rings. The molecule has 0 radical (unpaired) electrons. The molecule has 4 heteroatoms. The van der Waals surface area contributed by atoms with E-state index in [1.807, 2.05) is 41.5 Å². The highest BCUT2D eigenvalue weighted by Crippen LogP contribution is 2.41. The van der Waals surface area contributed by atoms with Gasteiger partial charge in [-0.15, -0.1) is 0 Å². The second-order valence-corrected chi connectivity index (χ2v) is 8.68. The number of hydrogen-bond donors (Lipinski definition) is 4. The molecule has 0 aliphatic carbocycles. The van der Waals surface area contributed by atoms with Gasteiger partial charge in [0.2, 0.25) is 0 Å². The monoisotopic (exact) mass is 344 g/mol. The molecule has 0 heterocycles. The molecule has 2 rings (SSSR count). The lowest BCUT2D eigenvalue weighted by atomic mass is 9.82. The zero-order valence-corrected chi connectivity index (χ0v) is 15.8. The van der Waals surface area contributed by atoms with Gasteiger partial charge in [0.25, 0.3) is 0 Å². The van der Waals surface area contributed by atoms with Crippen LogP contribution in [0.15, 0.2) is 24.3 Å². The topological polar surface area (TPSA) is 80.9 Å².